The number of aromatic nitrogens is 1. The van der Waals surface area contributed by atoms with E-state index in [4.69, 9.17) is 5.11 Å². The van der Waals surface area contributed by atoms with Gasteiger partial charge in [-0.2, -0.15) is 13.2 Å². The summed E-state index contributed by atoms with van der Waals surface area (Å²) in [6.45, 7) is -0.113. The third-order valence-corrected chi connectivity index (χ3v) is 4.02. The Kier molecular flexibility index (Phi) is 4.91. The van der Waals surface area contributed by atoms with Gasteiger partial charge in [-0.05, 0) is 60.9 Å². The van der Waals surface area contributed by atoms with Crippen molar-refractivity contribution in [3.8, 4) is 11.3 Å². The minimum atomic E-state index is -4.47. The molecule has 136 valence electrons. The first kappa shape index (κ1) is 18.3. The fourth-order valence-electron chi connectivity index (χ4n) is 2.75. The smallest absolute Gasteiger partial charge is 0.396 e. The number of rotatable bonds is 4. The molecule has 26 heavy (non-hydrogen) atoms. The standard InChI is InChI=1S/C19H14F5NO/c20-15-5-3-12(10-16(15)21)18-11(2-1-7-26)8-13-9-14(19(22,23)24)4-6-17(13)25-18/h3-6,8-10,26H,1-2,7H2. The van der Waals surface area contributed by atoms with Crippen LogP contribution in [0.15, 0.2) is 42.5 Å². The van der Waals surface area contributed by atoms with E-state index in [-0.39, 0.29) is 6.61 Å². The Hall–Kier alpha value is -2.54. The number of halogens is 5. The normalized spacial score (nSPS) is 11.9. The van der Waals surface area contributed by atoms with Crippen LogP contribution < -0.4 is 0 Å². The fraction of sp³-hybridized carbons (Fsp3) is 0.211. The number of benzene rings is 2. The van der Waals surface area contributed by atoms with Crippen molar-refractivity contribution in [3.05, 3.63) is 65.2 Å². The number of hydrogen-bond acceptors (Lipinski definition) is 2. The van der Waals surface area contributed by atoms with Gasteiger partial charge < -0.3 is 5.11 Å². The molecule has 0 radical (unpaired) electrons. The largest absolute Gasteiger partial charge is 0.416 e. The highest BCUT2D eigenvalue weighted by Gasteiger charge is 2.30. The number of nitrogens with zero attached hydrogens (tertiary/aromatic N) is 1. The van der Waals surface area contributed by atoms with Gasteiger partial charge >= 0.3 is 6.18 Å². The van der Waals surface area contributed by atoms with Crippen LogP contribution >= 0.6 is 0 Å². The Morgan fingerprint density at radius 2 is 1.69 bits per heavy atom. The highest BCUT2D eigenvalue weighted by Crippen LogP contribution is 2.33. The maximum Gasteiger partial charge on any atom is 0.416 e. The molecule has 2 aromatic carbocycles. The summed E-state index contributed by atoms with van der Waals surface area (Å²) in [5.41, 5.74) is 0.742. The van der Waals surface area contributed by atoms with Gasteiger partial charge in [-0.15, -0.1) is 0 Å². The van der Waals surface area contributed by atoms with E-state index in [0.29, 0.717) is 40.6 Å². The quantitative estimate of drug-likeness (QED) is 0.649. The topological polar surface area (TPSA) is 33.1 Å². The van der Waals surface area contributed by atoms with Gasteiger partial charge in [-0.25, -0.2) is 13.8 Å². The van der Waals surface area contributed by atoms with Crippen LogP contribution in [-0.2, 0) is 12.6 Å². The summed E-state index contributed by atoms with van der Waals surface area (Å²) in [5.74, 6) is -2.04. The minimum Gasteiger partial charge on any atom is -0.396 e. The van der Waals surface area contributed by atoms with E-state index >= 15 is 0 Å². The average Bonchev–Trinajstić information content (AvgIpc) is 2.60. The molecular formula is C19H14F5NO. The lowest BCUT2D eigenvalue weighted by atomic mass is 9.99. The zero-order valence-electron chi connectivity index (χ0n) is 13.4. The first-order chi connectivity index (χ1) is 12.3. The monoisotopic (exact) mass is 367 g/mol. The van der Waals surface area contributed by atoms with Crippen LogP contribution in [0.4, 0.5) is 22.0 Å². The molecule has 1 heterocycles. The second kappa shape index (κ2) is 6.99. The van der Waals surface area contributed by atoms with E-state index in [1.165, 1.54) is 12.1 Å². The summed E-state index contributed by atoms with van der Waals surface area (Å²) >= 11 is 0. The molecule has 0 unspecified atom stereocenters. The van der Waals surface area contributed by atoms with Crippen LogP contribution in [0.1, 0.15) is 17.5 Å². The summed E-state index contributed by atoms with van der Waals surface area (Å²) < 4.78 is 65.5. The number of alkyl halides is 3. The number of aryl methyl sites for hydroxylation is 1. The van der Waals surface area contributed by atoms with Crippen molar-refractivity contribution in [3.63, 3.8) is 0 Å². The molecule has 0 fully saturated rings. The summed E-state index contributed by atoms with van der Waals surface area (Å²) in [6.07, 6.45) is -3.77. The Balaban J connectivity index is 2.18. The molecule has 0 amide bonds. The molecule has 3 rings (SSSR count). The molecule has 2 nitrogen and oxygen atoms in total. The second-order valence-electron chi connectivity index (χ2n) is 5.86. The van der Waals surface area contributed by atoms with Gasteiger partial charge in [0.1, 0.15) is 0 Å². The zero-order chi connectivity index (χ0) is 18.9. The van der Waals surface area contributed by atoms with Crippen molar-refractivity contribution >= 4 is 10.9 Å². The van der Waals surface area contributed by atoms with Crippen molar-refractivity contribution in [1.29, 1.82) is 0 Å². The fourth-order valence-corrected chi connectivity index (χ4v) is 2.75. The van der Waals surface area contributed by atoms with Crippen LogP contribution in [0, 0.1) is 11.6 Å². The third kappa shape index (κ3) is 3.67. The number of fused-ring (bicyclic) bond motifs is 1. The molecule has 0 aliphatic heterocycles. The lowest BCUT2D eigenvalue weighted by Gasteiger charge is -2.13. The Morgan fingerprint density at radius 3 is 2.35 bits per heavy atom. The predicted molar refractivity (Wildman–Crippen MR) is 87.5 cm³/mol. The zero-order valence-corrected chi connectivity index (χ0v) is 13.4. The molecule has 1 N–H and O–H groups in total. The van der Waals surface area contributed by atoms with Gasteiger partial charge in [0.15, 0.2) is 11.6 Å². The molecule has 0 saturated carbocycles. The van der Waals surface area contributed by atoms with Crippen LogP contribution in [0.2, 0.25) is 0 Å². The number of aliphatic hydroxyl groups is 1. The Labute approximate surface area is 145 Å². The van der Waals surface area contributed by atoms with Gasteiger partial charge in [0.25, 0.3) is 0 Å². The molecule has 7 heteroatoms. The summed E-state index contributed by atoms with van der Waals surface area (Å²) in [7, 11) is 0. The van der Waals surface area contributed by atoms with E-state index in [2.05, 4.69) is 4.98 Å². The van der Waals surface area contributed by atoms with E-state index in [1.54, 1.807) is 6.07 Å². The SMILES string of the molecule is OCCCc1cc2cc(C(F)(F)F)ccc2nc1-c1ccc(F)c(F)c1. The maximum absolute atomic E-state index is 13.6. The van der Waals surface area contributed by atoms with Crippen molar-refractivity contribution in [2.75, 3.05) is 6.61 Å². The second-order valence-corrected chi connectivity index (χ2v) is 5.86. The highest BCUT2D eigenvalue weighted by molar-refractivity contribution is 5.84. The Morgan fingerprint density at radius 1 is 0.923 bits per heavy atom. The number of hydrogen-bond donors (Lipinski definition) is 1. The van der Waals surface area contributed by atoms with E-state index in [0.717, 1.165) is 24.3 Å². The van der Waals surface area contributed by atoms with E-state index in [9.17, 15) is 22.0 Å². The van der Waals surface area contributed by atoms with Gasteiger partial charge in [0, 0.05) is 17.6 Å². The van der Waals surface area contributed by atoms with Crippen LogP contribution in [0.3, 0.4) is 0 Å². The molecule has 0 aliphatic carbocycles. The van der Waals surface area contributed by atoms with Crippen LogP contribution in [0.25, 0.3) is 22.2 Å². The van der Waals surface area contributed by atoms with E-state index in [1.807, 2.05) is 0 Å². The first-order valence-electron chi connectivity index (χ1n) is 7.87. The van der Waals surface area contributed by atoms with Gasteiger partial charge in [-0.1, -0.05) is 0 Å². The van der Waals surface area contributed by atoms with Gasteiger partial charge in [-0.3, -0.25) is 0 Å². The van der Waals surface area contributed by atoms with Crippen molar-refractivity contribution < 1.29 is 27.1 Å². The molecule has 0 saturated heterocycles. The summed E-state index contributed by atoms with van der Waals surface area (Å²) in [5, 5.41) is 9.35. The Bertz CT molecular complexity index is 953. The van der Waals surface area contributed by atoms with Crippen molar-refractivity contribution in [2.45, 2.75) is 19.0 Å². The molecule has 0 aliphatic rings. The van der Waals surface area contributed by atoms with Crippen LogP contribution in [0.5, 0.6) is 0 Å². The number of pyridine rings is 1. The minimum absolute atomic E-state index is 0.113. The molecule has 0 bridgehead atoms. The third-order valence-electron chi connectivity index (χ3n) is 4.02. The highest BCUT2D eigenvalue weighted by atomic mass is 19.4. The lowest BCUT2D eigenvalue weighted by Crippen LogP contribution is -2.05. The van der Waals surface area contributed by atoms with Crippen LogP contribution in [-0.4, -0.2) is 16.7 Å². The average molecular weight is 367 g/mol. The molecule has 0 spiro atoms. The van der Waals surface area contributed by atoms with Crippen molar-refractivity contribution in [2.24, 2.45) is 0 Å². The van der Waals surface area contributed by atoms with E-state index < -0.39 is 23.4 Å². The molecule has 3 aromatic rings. The summed E-state index contributed by atoms with van der Waals surface area (Å²) in [4.78, 5) is 4.35. The number of aliphatic hydroxyl groups excluding tert-OH is 1. The van der Waals surface area contributed by atoms with Crippen molar-refractivity contribution in [1.82, 2.24) is 4.98 Å². The predicted octanol–water partition coefficient (Wildman–Crippen LogP) is 5.12. The molecular weight excluding hydrogens is 353 g/mol. The first-order valence-corrected chi connectivity index (χ1v) is 7.87. The maximum atomic E-state index is 13.6. The van der Waals surface area contributed by atoms with Gasteiger partial charge in [0.05, 0.1) is 16.8 Å². The summed E-state index contributed by atoms with van der Waals surface area (Å²) in [6, 6.07) is 8.05. The lowest BCUT2D eigenvalue weighted by molar-refractivity contribution is -0.137. The van der Waals surface area contributed by atoms with Gasteiger partial charge in [0.2, 0.25) is 0 Å². The molecule has 1 aromatic heterocycles. The molecule has 0 atom stereocenters.